The van der Waals surface area contributed by atoms with Crippen LogP contribution in [0.4, 0.5) is 10.1 Å². The summed E-state index contributed by atoms with van der Waals surface area (Å²) in [5.41, 5.74) is 9.54. The molecule has 0 fully saturated rings. The molecule has 0 aromatic heterocycles. The Morgan fingerprint density at radius 1 is 1.11 bits per heavy atom. The van der Waals surface area contributed by atoms with Gasteiger partial charge in [-0.15, -0.1) is 0 Å². The van der Waals surface area contributed by atoms with E-state index in [1.807, 2.05) is 12.1 Å². The van der Waals surface area contributed by atoms with Gasteiger partial charge in [0.1, 0.15) is 6.17 Å². The van der Waals surface area contributed by atoms with Crippen LogP contribution in [0.5, 0.6) is 0 Å². The smallest absolute Gasteiger partial charge is 0.122 e. The van der Waals surface area contributed by atoms with Gasteiger partial charge in [-0.1, -0.05) is 46.4 Å². The lowest BCUT2D eigenvalue weighted by Crippen LogP contribution is -2.13. The highest BCUT2D eigenvalue weighted by Gasteiger charge is 2.17. The Labute approximate surface area is 115 Å². The van der Waals surface area contributed by atoms with E-state index in [0.717, 1.165) is 22.4 Å². The lowest BCUT2D eigenvalue weighted by molar-refractivity contribution is 0.373. The van der Waals surface area contributed by atoms with Crippen LogP contribution in [0.25, 0.3) is 0 Å². The number of halogens is 1. The first kappa shape index (κ1) is 15.5. The molecule has 3 heteroatoms. The molecule has 1 unspecified atom stereocenters. The Balaban J connectivity index is 3.50. The summed E-state index contributed by atoms with van der Waals surface area (Å²) >= 11 is 0. The van der Waals surface area contributed by atoms with Crippen LogP contribution in [0, 0.1) is 0 Å². The molecule has 0 heterocycles. The van der Waals surface area contributed by atoms with Crippen molar-refractivity contribution in [3.8, 4) is 0 Å². The fraction of sp³-hybridized carbons (Fsp3) is 0.500. The maximum absolute atomic E-state index is 13.7. The topological polar surface area (TPSA) is 38.0 Å². The van der Waals surface area contributed by atoms with Crippen LogP contribution in [0.1, 0.15) is 69.3 Å². The monoisotopic (exact) mass is 264 g/mol. The van der Waals surface area contributed by atoms with Gasteiger partial charge >= 0.3 is 0 Å². The molecule has 0 aliphatic heterocycles. The van der Waals surface area contributed by atoms with Crippen molar-refractivity contribution in [2.75, 3.05) is 5.32 Å². The summed E-state index contributed by atoms with van der Waals surface area (Å²) in [7, 11) is 0. The number of hydrogen-bond acceptors (Lipinski definition) is 2. The van der Waals surface area contributed by atoms with Crippen LogP contribution in [-0.2, 0) is 0 Å². The van der Waals surface area contributed by atoms with E-state index in [1.165, 1.54) is 0 Å². The lowest BCUT2D eigenvalue weighted by Gasteiger charge is -2.23. The van der Waals surface area contributed by atoms with E-state index in [1.54, 1.807) is 6.92 Å². The third-order valence-electron chi connectivity index (χ3n) is 3.21. The van der Waals surface area contributed by atoms with E-state index in [-0.39, 0.29) is 11.8 Å². The number of nitrogens with one attached hydrogen (secondary N) is 1. The van der Waals surface area contributed by atoms with E-state index in [2.05, 4.69) is 39.6 Å². The molecule has 0 radical (unpaired) electrons. The quantitative estimate of drug-likeness (QED) is 0.801. The van der Waals surface area contributed by atoms with Crippen LogP contribution in [0.2, 0.25) is 0 Å². The first-order chi connectivity index (χ1) is 8.73. The van der Waals surface area contributed by atoms with Crippen LogP contribution in [0.3, 0.4) is 0 Å². The zero-order valence-corrected chi connectivity index (χ0v) is 12.5. The first-order valence-corrected chi connectivity index (χ1v) is 6.77. The normalized spacial score (nSPS) is 12.8. The number of anilines is 1. The van der Waals surface area contributed by atoms with E-state index in [4.69, 9.17) is 5.73 Å². The van der Waals surface area contributed by atoms with Gasteiger partial charge in [0.2, 0.25) is 0 Å². The second kappa shape index (κ2) is 6.09. The van der Waals surface area contributed by atoms with Gasteiger partial charge in [0.15, 0.2) is 0 Å². The molecule has 0 aliphatic rings. The molecular formula is C16H25FN2. The highest BCUT2D eigenvalue weighted by molar-refractivity contribution is 5.63. The second-order valence-corrected chi connectivity index (χ2v) is 5.65. The van der Waals surface area contributed by atoms with E-state index < -0.39 is 6.17 Å². The largest absolute Gasteiger partial charge is 0.386 e. The molecule has 0 saturated carbocycles. The van der Waals surface area contributed by atoms with Gasteiger partial charge in [-0.3, -0.25) is 0 Å². The number of alkyl halides is 1. The average molecular weight is 264 g/mol. The molecule has 0 bridgehead atoms. The fourth-order valence-corrected chi connectivity index (χ4v) is 2.16. The predicted octanol–water partition coefficient (Wildman–Crippen LogP) is 4.81. The molecule has 0 aliphatic carbocycles. The van der Waals surface area contributed by atoms with E-state index >= 15 is 0 Å². The number of hydrogen-bond donors (Lipinski definition) is 2. The standard InChI is InChI=1S/C16H25FN2/c1-9(2)14-7-13(11(5)17)8-15(10(3)4)16(14)19-12(6)18/h7-11,19H,6,18H2,1-5H3. The lowest BCUT2D eigenvalue weighted by atomic mass is 9.89. The minimum Gasteiger partial charge on any atom is -0.386 e. The van der Waals surface area contributed by atoms with E-state index in [9.17, 15) is 4.39 Å². The molecular weight excluding hydrogens is 239 g/mol. The Kier molecular flexibility index (Phi) is 4.98. The summed E-state index contributed by atoms with van der Waals surface area (Å²) in [6, 6.07) is 3.85. The molecule has 2 nitrogen and oxygen atoms in total. The summed E-state index contributed by atoms with van der Waals surface area (Å²) in [5, 5.41) is 3.13. The summed E-state index contributed by atoms with van der Waals surface area (Å²) in [5.74, 6) is 0.987. The third kappa shape index (κ3) is 3.72. The van der Waals surface area contributed by atoms with Gasteiger partial charge in [0.05, 0.1) is 5.82 Å². The van der Waals surface area contributed by atoms with Crippen molar-refractivity contribution in [3.05, 3.63) is 41.2 Å². The third-order valence-corrected chi connectivity index (χ3v) is 3.21. The van der Waals surface area contributed by atoms with Crippen LogP contribution in [0.15, 0.2) is 24.5 Å². The summed E-state index contributed by atoms with van der Waals surface area (Å²) < 4.78 is 13.7. The van der Waals surface area contributed by atoms with Crippen molar-refractivity contribution in [1.29, 1.82) is 0 Å². The van der Waals surface area contributed by atoms with Gasteiger partial charge in [-0.2, -0.15) is 0 Å². The fourth-order valence-electron chi connectivity index (χ4n) is 2.16. The molecule has 0 spiro atoms. The van der Waals surface area contributed by atoms with Gasteiger partial charge in [-0.25, -0.2) is 4.39 Å². The Morgan fingerprint density at radius 3 is 1.79 bits per heavy atom. The number of benzene rings is 1. The van der Waals surface area contributed by atoms with Crippen molar-refractivity contribution < 1.29 is 4.39 Å². The predicted molar refractivity (Wildman–Crippen MR) is 81.1 cm³/mol. The molecule has 0 amide bonds. The molecule has 3 N–H and O–H groups in total. The molecule has 1 rings (SSSR count). The Morgan fingerprint density at radius 2 is 1.53 bits per heavy atom. The zero-order chi connectivity index (χ0) is 14.7. The molecule has 1 atom stereocenters. The molecule has 1 aromatic carbocycles. The summed E-state index contributed by atoms with van der Waals surface area (Å²) in [6.45, 7) is 13.6. The van der Waals surface area contributed by atoms with E-state index in [0.29, 0.717) is 5.82 Å². The van der Waals surface area contributed by atoms with Crippen LogP contribution < -0.4 is 11.1 Å². The highest BCUT2D eigenvalue weighted by Crippen LogP contribution is 2.36. The molecule has 106 valence electrons. The first-order valence-electron chi connectivity index (χ1n) is 6.77. The summed E-state index contributed by atoms with van der Waals surface area (Å²) in [6.07, 6.45) is -0.967. The van der Waals surface area contributed by atoms with Gasteiger partial charge in [0.25, 0.3) is 0 Å². The summed E-state index contributed by atoms with van der Waals surface area (Å²) in [4.78, 5) is 0. The number of nitrogens with two attached hydrogens (primary N) is 1. The van der Waals surface area contributed by atoms with Crippen molar-refractivity contribution in [2.45, 2.75) is 52.6 Å². The number of rotatable bonds is 5. The molecule has 1 aromatic rings. The van der Waals surface area contributed by atoms with Crippen molar-refractivity contribution in [1.82, 2.24) is 0 Å². The van der Waals surface area contributed by atoms with Crippen LogP contribution in [-0.4, -0.2) is 0 Å². The maximum Gasteiger partial charge on any atom is 0.122 e. The van der Waals surface area contributed by atoms with Crippen molar-refractivity contribution in [2.24, 2.45) is 5.73 Å². The minimum atomic E-state index is -0.967. The van der Waals surface area contributed by atoms with Gasteiger partial charge in [0, 0.05) is 5.69 Å². The Bertz CT molecular complexity index is 433. The molecule has 0 saturated heterocycles. The van der Waals surface area contributed by atoms with Crippen LogP contribution >= 0.6 is 0 Å². The maximum atomic E-state index is 13.7. The van der Waals surface area contributed by atoms with Gasteiger partial charge in [-0.05, 0) is 35.4 Å². The minimum absolute atomic E-state index is 0.290. The SMILES string of the molecule is C=C(N)Nc1c(C(C)C)cc(C(C)F)cc1C(C)C. The van der Waals surface area contributed by atoms with Crippen molar-refractivity contribution in [3.63, 3.8) is 0 Å². The zero-order valence-electron chi connectivity index (χ0n) is 12.5. The Hall–Kier alpha value is -1.51. The molecule has 19 heavy (non-hydrogen) atoms. The average Bonchev–Trinajstić information content (AvgIpc) is 2.27. The second-order valence-electron chi connectivity index (χ2n) is 5.65. The van der Waals surface area contributed by atoms with Crippen molar-refractivity contribution >= 4 is 5.69 Å². The highest BCUT2D eigenvalue weighted by atomic mass is 19.1. The van der Waals surface area contributed by atoms with Gasteiger partial charge < -0.3 is 11.1 Å².